The second-order valence-corrected chi connectivity index (χ2v) is 18.4. The maximum Gasteiger partial charge on any atom is 0.380 e. The van der Waals surface area contributed by atoms with Gasteiger partial charge in [0.2, 0.25) is 0 Å². The van der Waals surface area contributed by atoms with Crippen molar-refractivity contribution in [3.05, 3.63) is 143 Å². The van der Waals surface area contributed by atoms with Gasteiger partial charge < -0.3 is 0 Å². The molecule has 1 nitrogen and oxygen atoms in total. The number of thiophene rings is 2. The lowest BCUT2D eigenvalue weighted by atomic mass is 9.86. The van der Waals surface area contributed by atoms with Gasteiger partial charge in [-0.3, -0.25) is 4.79 Å². The fourth-order valence-electron chi connectivity index (χ4n) is 7.01. The largest absolute Gasteiger partial charge is 0.380 e. The van der Waals surface area contributed by atoms with Gasteiger partial charge >= 0.3 is 17.8 Å². The molecule has 288 valence electrons. The van der Waals surface area contributed by atoms with Crippen LogP contribution in [0.4, 0.5) is 26.3 Å². The second kappa shape index (κ2) is 13.7. The number of carbonyl (C=O) groups excluding carboxylic acids is 1. The van der Waals surface area contributed by atoms with Gasteiger partial charge in [0.15, 0.2) is 5.78 Å². The lowest BCUT2D eigenvalue weighted by Crippen LogP contribution is -2.48. The average molecular weight is 799 g/mol. The summed E-state index contributed by atoms with van der Waals surface area (Å²) in [6, 6.07) is 32.1. The molecule has 56 heavy (non-hydrogen) atoms. The summed E-state index contributed by atoms with van der Waals surface area (Å²) in [6.45, 7) is 13.5. The van der Waals surface area contributed by atoms with Crippen LogP contribution in [0.2, 0.25) is 0 Å². The number of rotatable bonds is 7. The fourth-order valence-corrected chi connectivity index (χ4v) is 9.37. The topological polar surface area (TPSA) is 17.1 Å². The summed E-state index contributed by atoms with van der Waals surface area (Å²) in [6.07, 6.45) is 0. The molecule has 1 aliphatic rings. The predicted octanol–water partition coefficient (Wildman–Crippen LogP) is 15.1. The highest BCUT2D eigenvalue weighted by molar-refractivity contribution is 7.19. The Balaban J connectivity index is 1.56. The van der Waals surface area contributed by atoms with E-state index in [-0.39, 0.29) is 31.9 Å². The summed E-state index contributed by atoms with van der Waals surface area (Å²) >= 11 is 2.14. The van der Waals surface area contributed by atoms with Gasteiger partial charge in [-0.05, 0) is 63.3 Å². The third-order valence-electron chi connectivity index (χ3n) is 10.3. The predicted molar refractivity (Wildman–Crippen MR) is 219 cm³/mol. The molecule has 1 aliphatic carbocycles. The average Bonchev–Trinajstić information content (AvgIpc) is 3.81. The van der Waals surface area contributed by atoms with Crippen molar-refractivity contribution >= 4 is 39.6 Å². The van der Waals surface area contributed by atoms with Crippen LogP contribution in [0.1, 0.15) is 81.1 Å². The summed E-state index contributed by atoms with van der Waals surface area (Å²) in [5.41, 5.74) is 0.245. The molecule has 0 saturated heterocycles. The van der Waals surface area contributed by atoms with Gasteiger partial charge in [-0.1, -0.05) is 145 Å². The van der Waals surface area contributed by atoms with Gasteiger partial charge in [-0.15, -0.1) is 22.7 Å². The fraction of sp³-hybridized carbons (Fsp3) is 0.255. The molecule has 0 N–H and O–H groups in total. The summed E-state index contributed by atoms with van der Waals surface area (Å²) in [5, 5.41) is 0. The van der Waals surface area contributed by atoms with Crippen LogP contribution in [0.25, 0.3) is 52.9 Å². The van der Waals surface area contributed by atoms with E-state index in [4.69, 9.17) is 0 Å². The van der Waals surface area contributed by atoms with Gasteiger partial charge in [-0.2, -0.15) is 26.3 Å². The molecule has 9 heteroatoms. The van der Waals surface area contributed by atoms with Crippen LogP contribution in [-0.2, 0) is 10.8 Å². The minimum Gasteiger partial charge on any atom is -0.295 e. The van der Waals surface area contributed by atoms with Crippen molar-refractivity contribution < 1.29 is 31.1 Å². The number of allylic oxidation sites excluding steroid dienone is 2. The van der Waals surface area contributed by atoms with E-state index in [0.29, 0.717) is 37.6 Å². The van der Waals surface area contributed by atoms with Crippen LogP contribution < -0.4 is 0 Å². The van der Waals surface area contributed by atoms with Crippen molar-refractivity contribution in [3.8, 4) is 41.8 Å². The van der Waals surface area contributed by atoms with E-state index in [1.165, 1.54) is 19.1 Å². The first-order chi connectivity index (χ1) is 26.1. The first kappa shape index (κ1) is 39.5. The SMILES string of the molecule is CC(=O)c1ccc(-c2cc(C3=C(c4cc(-c5ccccc5)sc4-c4ccc(C(C)(C)C)cc4)C(F)(F)C(F)(F)C3(F)F)c(-c3ccc(C(C)(C)C)cc3)s2)cc1. The van der Waals surface area contributed by atoms with E-state index in [9.17, 15) is 4.79 Å². The minimum atomic E-state index is -5.76. The van der Waals surface area contributed by atoms with Crippen LogP contribution in [0.3, 0.4) is 0 Å². The molecule has 0 atom stereocenters. The Labute approximate surface area is 331 Å². The molecule has 0 radical (unpaired) electrons. The molecule has 7 rings (SSSR count). The van der Waals surface area contributed by atoms with E-state index < -0.39 is 34.5 Å². The number of Topliss-reactive ketones (excluding diaryl/α,β-unsaturated/α-hetero) is 1. The van der Waals surface area contributed by atoms with Crippen molar-refractivity contribution in [3.63, 3.8) is 0 Å². The van der Waals surface area contributed by atoms with E-state index in [1.54, 1.807) is 78.9 Å². The molecule has 0 spiro atoms. The Morgan fingerprint density at radius 3 is 1.21 bits per heavy atom. The zero-order valence-electron chi connectivity index (χ0n) is 32.0. The quantitative estimate of drug-likeness (QED) is 0.116. The van der Waals surface area contributed by atoms with Crippen molar-refractivity contribution in [2.45, 2.75) is 77.1 Å². The Hall–Kier alpha value is -4.73. The molecular formula is C47H40F6OS2. The maximum atomic E-state index is 16.7. The van der Waals surface area contributed by atoms with Crippen LogP contribution in [0, 0.1) is 0 Å². The highest BCUT2D eigenvalue weighted by atomic mass is 32.1. The number of hydrogen-bond donors (Lipinski definition) is 0. The van der Waals surface area contributed by atoms with Gasteiger partial charge in [0, 0.05) is 47.3 Å². The smallest absolute Gasteiger partial charge is 0.295 e. The number of ketones is 1. The van der Waals surface area contributed by atoms with Crippen molar-refractivity contribution in [1.82, 2.24) is 0 Å². The molecule has 0 bridgehead atoms. The Morgan fingerprint density at radius 2 is 0.857 bits per heavy atom. The minimum absolute atomic E-state index is 0.145. The van der Waals surface area contributed by atoms with Crippen molar-refractivity contribution in [1.29, 1.82) is 0 Å². The Kier molecular flexibility index (Phi) is 9.69. The van der Waals surface area contributed by atoms with Crippen LogP contribution in [0.5, 0.6) is 0 Å². The van der Waals surface area contributed by atoms with E-state index in [2.05, 4.69) is 0 Å². The van der Waals surface area contributed by atoms with E-state index in [1.807, 2.05) is 65.8 Å². The van der Waals surface area contributed by atoms with Gasteiger partial charge in [0.1, 0.15) is 0 Å². The molecule has 6 aromatic rings. The summed E-state index contributed by atoms with van der Waals surface area (Å²) < 4.78 is 98.8. The molecule has 0 unspecified atom stereocenters. The summed E-state index contributed by atoms with van der Waals surface area (Å²) in [5.74, 6) is -16.5. The zero-order chi connectivity index (χ0) is 40.6. The Bertz CT molecular complexity index is 2460. The van der Waals surface area contributed by atoms with Gasteiger partial charge in [-0.25, -0.2) is 0 Å². The first-order valence-electron chi connectivity index (χ1n) is 18.2. The first-order valence-corrected chi connectivity index (χ1v) is 19.8. The van der Waals surface area contributed by atoms with Gasteiger partial charge in [0.25, 0.3) is 0 Å². The molecule has 2 heterocycles. The molecular weight excluding hydrogens is 759 g/mol. The molecule has 0 aliphatic heterocycles. The third kappa shape index (κ3) is 6.66. The number of alkyl halides is 6. The lowest BCUT2D eigenvalue weighted by Gasteiger charge is -2.26. The zero-order valence-corrected chi connectivity index (χ0v) is 33.6. The maximum absolute atomic E-state index is 16.7. The van der Waals surface area contributed by atoms with Gasteiger partial charge in [0.05, 0.1) is 0 Å². The summed E-state index contributed by atoms with van der Waals surface area (Å²) in [4.78, 5) is 13.2. The van der Waals surface area contributed by atoms with Crippen molar-refractivity contribution in [2.75, 3.05) is 0 Å². The van der Waals surface area contributed by atoms with E-state index in [0.717, 1.165) is 33.8 Å². The van der Waals surface area contributed by atoms with Crippen LogP contribution >= 0.6 is 22.7 Å². The normalized spacial score (nSPS) is 16.4. The number of halogens is 6. The lowest BCUT2D eigenvalue weighted by molar-refractivity contribution is -0.254. The second-order valence-electron chi connectivity index (χ2n) is 16.3. The van der Waals surface area contributed by atoms with Crippen LogP contribution in [0.15, 0.2) is 115 Å². The standard InChI is InChI=1S/C47H40F6OS2/c1-27(54)28-13-15-30(16-14-28)38-26-36(42(56-38)32-19-23-34(24-20-32)44(5,6)7)40-39(45(48,49)47(52,53)46(40,50)51)35-25-37(29-11-9-8-10-12-29)55-41(35)31-17-21-33(22-18-31)43(2,3)4/h8-26H,1-7H3. The molecule has 0 fully saturated rings. The third-order valence-corrected chi connectivity index (χ3v) is 12.8. The molecule has 4 aromatic carbocycles. The number of benzene rings is 4. The Morgan fingerprint density at radius 1 is 0.500 bits per heavy atom. The highest BCUT2D eigenvalue weighted by Gasteiger charge is 2.80. The highest BCUT2D eigenvalue weighted by Crippen LogP contribution is 2.67. The molecule has 0 saturated carbocycles. The van der Waals surface area contributed by atoms with Crippen LogP contribution in [-0.4, -0.2) is 23.6 Å². The number of carbonyl (C=O) groups is 1. The van der Waals surface area contributed by atoms with Crippen molar-refractivity contribution in [2.24, 2.45) is 0 Å². The molecule has 2 aromatic heterocycles. The molecule has 0 amide bonds. The van der Waals surface area contributed by atoms with E-state index >= 15 is 26.3 Å². The summed E-state index contributed by atoms with van der Waals surface area (Å²) in [7, 11) is 0. The number of hydrogen-bond acceptors (Lipinski definition) is 3. The monoisotopic (exact) mass is 798 g/mol.